The summed E-state index contributed by atoms with van der Waals surface area (Å²) in [5.74, 6) is 2.17. The molecule has 0 aliphatic carbocycles. The Hall–Kier alpha value is 0.530. The normalized spacial score (nSPS) is 15.8. The quantitative estimate of drug-likeness (QED) is 0.256. The summed E-state index contributed by atoms with van der Waals surface area (Å²) in [6.45, 7) is 5.16. The van der Waals surface area contributed by atoms with Crippen LogP contribution in [0.3, 0.4) is 0 Å². The van der Waals surface area contributed by atoms with Gasteiger partial charge < -0.3 is 4.52 Å². The van der Waals surface area contributed by atoms with E-state index in [0.717, 1.165) is 31.0 Å². The van der Waals surface area contributed by atoms with Crippen LogP contribution in [-0.4, -0.2) is 12.4 Å². The van der Waals surface area contributed by atoms with Crippen molar-refractivity contribution in [1.82, 2.24) is 0 Å². The van der Waals surface area contributed by atoms with E-state index in [1.807, 2.05) is 0 Å². The fraction of sp³-hybridized carbons (Fsp3) is 0.600. The van der Waals surface area contributed by atoms with Crippen molar-refractivity contribution in [3.8, 4) is 0 Å². The Labute approximate surface area is 137 Å². The zero-order valence-corrected chi connectivity index (χ0v) is 15.9. The van der Waals surface area contributed by atoms with Crippen LogP contribution in [0.5, 0.6) is 0 Å². The molecule has 0 radical (unpaired) electrons. The second kappa shape index (κ2) is 10.3. The first-order valence-electron chi connectivity index (χ1n) is 7.29. The summed E-state index contributed by atoms with van der Waals surface area (Å²) >= 11 is 10.5. The molecule has 1 nitrogen and oxygen atoms in total. The molecule has 0 saturated carbocycles. The van der Waals surface area contributed by atoms with Crippen molar-refractivity contribution in [3.05, 3.63) is 35.9 Å². The van der Waals surface area contributed by atoms with Crippen molar-refractivity contribution in [3.63, 3.8) is 0 Å². The van der Waals surface area contributed by atoms with Crippen LogP contribution < -0.4 is 0 Å². The number of thiol groups is 1. The van der Waals surface area contributed by atoms with Crippen molar-refractivity contribution in [2.24, 2.45) is 0 Å². The zero-order chi connectivity index (χ0) is 14.8. The lowest BCUT2D eigenvalue weighted by atomic mass is 10.2. The third kappa shape index (κ3) is 7.00. The van der Waals surface area contributed by atoms with Crippen LogP contribution in [0.4, 0.5) is 0 Å². The van der Waals surface area contributed by atoms with Crippen molar-refractivity contribution >= 4 is 39.2 Å². The molecule has 0 spiro atoms. The molecule has 1 rings (SSSR count). The molecule has 20 heavy (non-hydrogen) atoms. The SMILES string of the molecule is CCCCOP(=S)(S)[S+](CCCC)Cc1ccccc1. The van der Waals surface area contributed by atoms with E-state index in [1.54, 1.807) is 0 Å². The van der Waals surface area contributed by atoms with Gasteiger partial charge in [0.1, 0.15) is 11.5 Å². The molecule has 5 heteroatoms. The van der Waals surface area contributed by atoms with Gasteiger partial charge in [0.2, 0.25) is 0 Å². The van der Waals surface area contributed by atoms with Gasteiger partial charge in [-0.15, -0.1) is 0 Å². The molecular weight excluding hydrogens is 323 g/mol. The number of rotatable bonds is 10. The highest BCUT2D eigenvalue weighted by Gasteiger charge is 2.35. The molecule has 0 fully saturated rings. The molecule has 114 valence electrons. The zero-order valence-electron chi connectivity index (χ0n) is 12.5. The molecule has 1 aromatic carbocycles. The van der Waals surface area contributed by atoms with E-state index in [9.17, 15) is 0 Å². The highest BCUT2D eigenvalue weighted by Crippen LogP contribution is 2.61. The van der Waals surface area contributed by atoms with Gasteiger partial charge in [-0.05, 0) is 24.6 Å². The molecule has 0 bridgehead atoms. The Morgan fingerprint density at radius 2 is 1.80 bits per heavy atom. The lowest BCUT2D eigenvalue weighted by Crippen LogP contribution is -2.11. The Balaban J connectivity index is 2.69. The summed E-state index contributed by atoms with van der Waals surface area (Å²) in [7, 11) is 0.0788. The van der Waals surface area contributed by atoms with E-state index in [4.69, 9.17) is 28.6 Å². The lowest BCUT2D eigenvalue weighted by Gasteiger charge is -2.18. The lowest BCUT2D eigenvalue weighted by molar-refractivity contribution is 0.354. The number of hydrogen-bond acceptors (Lipinski definition) is 2. The monoisotopic (exact) mass is 349 g/mol. The minimum absolute atomic E-state index is 0.0788. The van der Waals surface area contributed by atoms with Crippen molar-refractivity contribution in [2.45, 2.75) is 45.3 Å². The summed E-state index contributed by atoms with van der Waals surface area (Å²) in [6.07, 6.45) is 4.64. The molecule has 0 amide bonds. The van der Waals surface area contributed by atoms with Crippen LogP contribution in [-0.2, 0) is 32.6 Å². The van der Waals surface area contributed by atoms with Crippen molar-refractivity contribution in [1.29, 1.82) is 0 Å². The van der Waals surface area contributed by atoms with Gasteiger partial charge in [-0.25, -0.2) is 0 Å². The average Bonchev–Trinajstić information content (AvgIpc) is 2.44. The Morgan fingerprint density at radius 1 is 1.15 bits per heavy atom. The molecule has 0 saturated heterocycles. The van der Waals surface area contributed by atoms with Gasteiger partial charge >= 0.3 is 4.67 Å². The van der Waals surface area contributed by atoms with Crippen LogP contribution in [0.2, 0.25) is 0 Å². The van der Waals surface area contributed by atoms with Crippen molar-refractivity contribution in [2.75, 3.05) is 12.4 Å². The predicted molar refractivity (Wildman–Crippen MR) is 101 cm³/mol. The smallest absolute Gasteiger partial charge is 0.305 e. The number of hydrogen-bond donors (Lipinski definition) is 1. The number of unbranched alkanes of at least 4 members (excludes halogenated alkanes) is 2. The second-order valence-corrected chi connectivity index (χ2v) is 16.3. The molecule has 2 unspecified atom stereocenters. The maximum atomic E-state index is 6.00. The van der Waals surface area contributed by atoms with E-state index < -0.39 is 4.67 Å². The van der Waals surface area contributed by atoms with Gasteiger partial charge in [-0.2, -0.15) is 0 Å². The molecule has 0 heterocycles. The summed E-state index contributed by atoms with van der Waals surface area (Å²) in [6, 6.07) is 10.6. The van der Waals surface area contributed by atoms with Gasteiger partial charge in [0.05, 0.1) is 17.1 Å². The topological polar surface area (TPSA) is 9.23 Å². The maximum absolute atomic E-state index is 6.00. The summed E-state index contributed by atoms with van der Waals surface area (Å²) in [5.41, 5.74) is 1.36. The van der Waals surface area contributed by atoms with E-state index in [1.165, 1.54) is 18.4 Å². The van der Waals surface area contributed by atoms with Crippen LogP contribution in [0, 0.1) is 0 Å². The summed E-state index contributed by atoms with van der Waals surface area (Å²) < 4.78 is 4.03. The standard InChI is InChI=1S/C15H25OPS3/c1-3-5-12-16-17(18,19)20(13-6-4-2)14-15-10-8-7-9-11-15/h7-11H,3-6,12-14H2,1-2H3/p+1. The first-order valence-corrected chi connectivity index (χ1v) is 13.3. The van der Waals surface area contributed by atoms with E-state index >= 15 is 0 Å². The molecule has 0 N–H and O–H groups in total. The third-order valence-corrected chi connectivity index (χ3v) is 13.4. The Morgan fingerprint density at radius 3 is 2.40 bits per heavy atom. The van der Waals surface area contributed by atoms with Gasteiger partial charge in [-0.1, -0.05) is 69.3 Å². The van der Waals surface area contributed by atoms with Crippen LogP contribution in [0.15, 0.2) is 30.3 Å². The summed E-state index contributed by atoms with van der Waals surface area (Å²) in [4.78, 5) is 0. The number of benzene rings is 1. The largest absolute Gasteiger partial charge is 0.316 e. The fourth-order valence-corrected chi connectivity index (χ4v) is 9.55. The van der Waals surface area contributed by atoms with E-state index in [0.29, 0.717) is 0 Å². The van der Waals surface area contributed by atoms with E-state index in [-0.39, 0.29) is 10.5 Å². The minimum atomic E-state index is -1.97. The van der Waals surface area contributed by atoms with Crippen molar-refractivity contribution < 1.29 is 4.52 Å². The molecule has 2 atom stereocenters. The third-order valence-electron chi connectivity index (χ3n) is 2.99. The first kappa shape index (κ1) is 18.6. The predicted octanol–water partition coefficient (Wildman–Crippen LogP) is 5.58. The maximum Gasteiger partial charge on any atom is 0.316 e. The van der Waals surface area contributed by atoms with Gasteiger partial charge in [0, 0.05) is 5.56 Å². The van der Waals surface area contributed by atoms with Gasteiger partial charge in [0.25, 0.3) is 0 Å². The fourth-order valence-electron chi connectivity index (χ4n) is 1.75. The minimum Gasteiger partial charge on any atom is -0.305 e. The van der Waals surface area contributed by atoms with E-state index in [2.05, 4.69) is 44.2 Å². The molecule has 0 aliphatic rings. The molecule has 1 aromatic rings. The Bertz CT molecular complexity index is 411. The molecular formula is C15H26OPS3+. The highest BCUT2D eigenvalue weighted by molar-refractivity contribution is 8.93. The molecule has 0 aromatic heterocycles. The van der Waals surface area contributed by atoms with Crippen LogP contribution in [0.1, 0.15) is 45.1 Å². The average molecular weight is 350 g/mol. The summed E-state index contributed by atoms with van der Waals surface area (Å²) in [5, 5.41) is 0. The van der Waals surface area contributed by atoms with Gasteiger partial charge in [0.15, 0.2) is 0 Å². The highest BCUT2D eigenvalue weighted by atomic mass is 33.2. The van der Waals surface area contributed by atoms with Crippen LogP contribution >= 0.6 is 16.9 Å². The molecule has 0 aliphatic heterocycles. The van der Waals surface area contributed by atoms with Crippen LogP contribution in [0.25, 0.3) is 0 Å². The first-order chi connectivity index (χ1) is 9.60. The Kier molecular flexibility index (Phi) is 9.56. The van der Waals surface area contributed by atoms with Gasteiger partial charge in [-0.3, -0.25) is 0 Å². The second-order valence-electron chi connectivity index (χ2n) is 4.81.